The molecule has 1 saturated heterocycles. The molecule has 26 heavy (non-hydrogen) atoms. The van der Waals surface area contributed by atoms with Crippen LogP contribution in [0.4, 0.5) is 5.82 Å². The fourth-order valence-electron chi connectivity index (χ4n) is 3.13. The van der Waals surface area contributed by atoms with Gasteiger partial charge in [-0.1, -0.05) is 23.7 Å². The summed E-state index contributed by atoms with van der Waals surface area (Å²) in [6.07, 6.45) is 2.19. The molecule has 2 aromatic heterocycles. The van der Waals surface area contributed by atoms with Crippen molar-refractivity contribution in [2.45, 2.75) is 18.9 Å². The Balaban J connectivity index is 1.78. The molecule has 3 heterocycles. The van der Waals surface area contributed by atoms with E-state index in [9.17, 15) is 4.79 Å². The summed E-state index contributed by atoms with van der Waals surface area (Å²) < 4.78 is 0.753. The van der Waals surface area contributed by atoms with Crippen LogP contribution in [0, 0.1) is 0 Å². The van der Waals surface area contributed by atoms with Crippen LogP contribution in [0.5, 0.6) is 0 Å². The molecule has 1 aliphatic heterocycles. The summed E-state index contributed by atoms with van der Waals surface area (Å²) in [4.78, 5) is 12.8. The van der Waals surface area contributed by atoms with E-state index in [1.54, 1.807) is 0 Å². The zero-order valence-electron chi connectivity index (χ0n) is 14.0. The second-order valence-corrected chi connectivity index (χ2v) is 7.80. The summed E-state index contributed by atoms with van der Waals surface area (Å²) in [6, 6.07) is 9.92. The first-order chi connectivity index (χ1) is 12.6. The van der Waals surface area contributed by atoms with E-state index in [2.05, 4.69) is 20.8 Å². The Bertz CT molecular complexity index is 950. The number of rotatable bonds is 4. The van der Waals surface area contributed by atoms with Crippen molar-refractivity contribution in [1.29, 1.82) is 0 Å². The van der Waals surface area contributed by atoms with E-state index in [0.717, 1.165) is 46.5 Å². The van der Waals surface area contributed by atoms with Gasteiger partial charge in [-0.15, -0.1) is 21.5 Å². The molecule has 0 spiro atoms. The number of primary amides is 1. The first-order valence-corrected chi connectivity index (χ1v) is 9.64. The van der Waals surface area contributed by atoms with Crippen molar-refractivity contribution in [3.8, 4) is 10.4 Å². The highest BCUT2D eigenvalue weighted by Crippen LogP contribution is 2.38. The lowest BCUT2D eigenvalue weighted by atomic mass is 10.1. The Morgan fingerprint density at radius 1 is 1.31 bits per heavy atom. The standard InChI is InChI=1S/C18H18ClN5OS/c19-11-5-3-10(4-6-11)14-8-13-16(26-14)15(17(20)25)23-24-18(13)22-12-2-1-7-21-9-12/h3-6,8,12,21H,1-2,7,9H2,(H2,20,25)(H,22,24)/t12-/m1/s1. The van der Waals surface area contributed by atoms with E-state index in [1.165, 1.54) is 11.3 Å². The number of carbonyl (C=O) groups is 1. The van der Waals surface area contributed by atoms with Crippen LogP contribution in [0.3, 0.4) is 0 Å². The lowest BCUT2D eigenvalue weighted by Crippen LogP contribution is -2.38. The molecule has 0 bridgehead atoms. The van der Waals surface area contributed by atoms with Gasteiger partial charge in [0.25, 0.3) is 5.91 Å². The van der Waals surface area contributed by atoms with Crippen LogP contribution < -0.4 is 16.4 Å². The number of nitrogens with zero attached hydrogens (tertiary/aromatic N) is 2. The summed E-state index contributed by atoms with van der Waals surface area (Å²) in [5.74, 6) is 0.119. The summed E-state index contributed by atoms with van der Waals surface area (Å²) in [6.45, 7) is 1.92. The summed E-state index contributed by atoms with van der Waals surface area (Å²) in [5, 5.41) is 16.7. The van der Waals surface area contributed by atoms with Gasteiger partial charge in [-0.3, -0.25) is 4.79 Å². The Hall–Kier alpha value is -2.22. The highest BCUT2D eigenvalue weighted by atomic mass is 35.5. The van der Waals surface area contributed by atoms with Crippen LogP contribution in [-0.4, -0.2) is 35.2 Å². The topological polar surface area (TPSA) is 92.9 Å². The van der Waals surface area contributed by atoms with Gasteiger partial charge in [0.1, 0.15) is 0 Å². The maximum absolute atomic E-state index is 11.8. The first kappa shape index (κ1) is 17.2. The van der Waals surface area contributed by atoms with Crippen LogP contribution in [0.1, 0.15) is 23.3 Å². The van der Waals surface area contributed by atoms with Crippen molar-refractivity contribution >= 4 is 44.7 Å². The minimum absolute atomic E-state index is 0.206. The average Bonchev–Trinajstić information content (AvgIpc) is 3.09. The molecule has 134 valence electrons. The van der Waals surface area contributed by atoms with E-state index < -0.39 is 5.91 Å². The number of hydrogen-bond donors (Lipinski definition) is 3. The highest BCUT2D eigenvalue weighted by Gasteiger charge is 2.20. The fraction of sp³-hybridized carbons (Fsp3) is 0.278. The molecule has 0 aliphatic carbocycles. The zero-order valence-corrected chi connectivity index (χ0v) is 15.5. The molecule has 1 aliphatic rings. The molecular weight excluding hydrogens is 370 g/mol. The van der Waals surface area contributed by atoms with Crippen LogP contribution in [0.2, 0.25) is 5.02 Å². The quantitative estimate of drug-likeness (QED) is 0.638. The lowest BCUT2D eigenvalue weighted by Gasteiger charge is -2.24. The molecule has 0 radical (unpaired) electrons. The van der Waals surface area contributed by atoms with Gasteiger partial charge in [0, 0.05) is 27.9 Å². The Morgan fingerprint density at radius 2 is 2.12 bits per heavy atom. The minimum atomic E-state index is -0.571. The summed E-state index contributed by atoms with van der Waals surface area (Å²) in [7, 11) is 0. The Kier molecular flexibility index (Phi) is 4.76. The first-order valence-electron chi connectivity index (χ1n) is 8.45. The molecule has 1 amide bonds. The SMILES string of the molecule is NC(=O)c1nnc(N[C@@H]2CCCNC2)c2cc(-c3ccc(Cl)cc3)sc12. The van der Waals surface area contributed by atoms with Gasteiger partial charge in [0.05, 0.1) is 4.70 Å². The number of nitrogens with two attached hydrogens (primary N) is 1. The average molecular weight is 388 g/mol. The molecular formula is C18H18ClN5OS. The van der Waals surface area contributed by atoms with Gasteiger partial charge >= 0.3 is 0 Å². The largest absolute Gasteiger partial charge is 0.364 e. The number of anilines is 1. The number of thiophene rings is 1. The van der Waals surface area contributed by atoms with Gasteiger partial charge in [-0.25, -0.2) is 0 Å². The van der Waals surface area contributed by atoms with E-state index in [0.29, 0.717) is 16.9 Å². The highest BCUT2D eigenvalue weighted by molar-refractivity contribution is 7.22. The van der Waals surface area contributed by atoms with Crippen LogP contribution in [0.25, 0.3) is 20.5 Å². The van der Waals surface area contributed by atoms with Crippen molar-refractivity contribution in [2.75, 3.05) is 18.4 Å². The maximum Gasteiger partial charge on any atom is 0.270 e. The van der Waals surface area contributed by atoms with Gasteiger partial charge in [0.2, 0.25) is 0 Å². The number of amides is 1. The van der Waals surface area contributed by atoms with Crippen LogP contribution >= 0.6 is 22.9 Å². The third-order valence-corrected chi connectivity index (χ3v) is 5.89. The van der Waals surface area contributed by atoms with E-state index in [1.807, 2.05) is 30.3 Å². The normalized spacial score (nSPS) is 17.3. The predicted molar refractivity (Wildman–Crippen MR) is 106 cm³/mol. The van der Waals surface area contributed by atoms with E-state index >= 15 is 0 Å². The smallest absolute Gasteiger partial charge is 0.270 e. The number of piperidine rings is 1. The molecule has 3 aromatic rings. The van der Waals surface area contributed by atoms with Crippen LogP contribution in [0.15, 0.2) is 30.3 Å². The second-order valence-electron chi connectivity index (χ2n) is 6.31. The number of halogens is 1. The summed E-state index contributed by atoms with van der Waals surface area (Å²) in [5.41, 5.74) is 6.73. The van der Waals surface area contributed by atoms with Gasteiger partial charge < -0.3 is 16.4 Å². The monoisotopic (exact) mass is 387 g/mol. The van der Waals surface area contributed by atoms with Crippen molar-refractivity contribution < 1.29 is 4.79 Å². The molecule has 0 saturated carbocycles. The maximum atomic E-state index is 11.8. The molecule has 6 nitrogen and oxygen atoms in total. The van der Waals surface area contributed by atoms with Crippen molar-refractivity contribution in [1.82, 2.24) is 15.5 Å². The molecule has 8 heteroatoms. The number of aromatic nitrogens is 2. The lowest BCUT2D eigenvalue weighted by molar-refractivity contribution is 0.0996. The number of benzene rings is 1. The van der Waals surface area contributed by atoms with E-state index in [-0.39, 0.29) is 5.69 Å². The Labute approximate surface area is 159 Å². The molecule has 4 rings (SSSR count). The number of carbonyl (C=O) groups excluding carboxylic acids is 1. The van der Waals surface area contributed by atoms with Crippen LogP contribution in [-0.2, 0) is 0 Å². The number of nitrogens with one attached hydrogen (secondary N) is 2. The third kappa shape index (κ3) is 3.38. The number of hydrogen-bond acceptors (Lipinski definition) is 6. The minimum Gasteiger partial charge on any atom is -0.364 e. The molecule has 0 unspecified atom stereocenters. The fourth-order valence-corrected chi connectivity index (χ4v) is 4.41. The predicted octanol–water partition coefficient (Wildman–Crippen LogP) is 3.27. The van der Waals surface area contributed by atoms with E-state index in [4.69, 9.17) is 17.3 Å². The molecule has 1 atom stereocenters. The van der Waals surface area contributed by atoms with Gasteiger partial charge in [0.15, 0.2) is 11.5 Å². The number of fused-ring (bicyclic) bond motifs is 1. The van der Waals surface area contributed by atoms with Gasteiger partial charge in [-0.2, -0.15) is 0 Å². The van der Waals surface area contributed by atoms with Crippen molar-refractivity contribution in [3.63, 3.8) is 0 Å². The second kappa shape index (κ2) is 7.19. The molecule has 1 fully saturated rings. The molecule has 4 N–H and O–H groups in total. The summed E-state index contributed by atoms with van der Waals surface area (Å²) >= 11 is 7.47. The Morgan fingerprint density at radius 3 is 2.81 bits per heavy atom. The zero-order chi connectivity index (χ0) is 18.1. The van der Waals surface area contributed by atoms with Crippen molar-refractivity contribution in [3.05, 3.63) is 41.0 Å². The molecule has 1 aromatic carbocycles. The van der Waals surface area contributed by atoms with Crippen molar-refractivity contribution in [2.24, 2.45) is 5.73 Å². The third-order valence-electron chi connectivity index (χ3n) is 4.45. The van der Waals surface area contributed by atoms with Gasteiger partial charge in [-0.05, 0) is 43.1 Å².